The zero-order chi connectivity index (χ0) is 15.6. The molecule has 0 aromatic carbocycles. The maximum Gasteiger partial charge on any atom is 0.246 e. The highest BCUT2D eigenvalue weighted by molar-refractivity contribution is 5.93. The lowest BCUT2D eigenvalue weighted by atomic mass is 9.99. The Morgan fingerprint density at radius 1 is 0.773 bits per heavy atom. The van der Waals surface area contributed by atoms with Gasteiger partial charge in [-0.15, -0.1) is 0 Å². The average molecular weight is 304 g/mol. The third-order valence-corrected chi connectivity index (χ3v) is 4.34. The third-order valence-electron chi connectivity index (χ3n) is 4.34. The van der Waals surface area contributed by atoms with Crippen molar-refractivity contribution in [3.05, 3.63) is 23.3 Å². The van der Waals surface area contributed by atoms with Gasteiger partial charge < -0.3 is 10.6 Å². The van der Waals surface area contributed by atoms with Crippen LogP contribution in [0.4, 0.5) is 0 Å². The molecule has 0 atom stereocenters. The first-order valence-corrected chi connectivity index (χ1v) is 8.72. The first-order chi connectivity index (χ1) is 10.8. The Labute approximate surface area is 133 Å². The number of unbranched alkanes of at least 4 members (excludes halogenated alkanes) is 1. The van der Waals surface area contributed by atoms with Crippen LogP contribution in [0.1, 0.15) is 64.2 Å². The Hall–Kier alpha value is -1.58. The quantitative estimate of drug-likeness (QED) is 0.710. The second kappa shape index (κ2) is 9.44. The molecule has 0 aromatic heterocycles. The van der Waals surface area contributed by atoms with Gasteiger partial charge in [-0.05, 0) is 64.2 Å². The number of amides is 2. The lowest BCUT2D eigenvalue weighted by molar-refractivity contribution is -0.118. The predicted octanol–water partition coefficient (Wildman–Crippen LogP) is 3.00. The molecule has 2 N–H and O–H groups in total. The standard InChI is InChI=1S/C18H28N2O2/c21-17(15-9-3-1-4-10-15)19-13-7-8-14-20-18(22)16-11-5-2-6-12-16/h9,11H,1-8,10,12-14H2,(H,19,21)(H,20,22). The van der Waals surface area contributed by atoms with Crippen molar-refractivity contribution in [1.82, 2.24) is 10.6 Å². The van der Waals surface area contributed by atoms with Crippen molar-refractivity contribution in [1.29, 1.82) is 0 Å². The highest BCUT2D eigenvalue weighted by Crippen LogP contribution is 2.17. The van der Waals surface area contributed by atoms with Gasteiger partial charge in [-0.25, -0.2) is 0 Å². The number of allylic oxidation sites excluding steroid dienone is 2. The monoisotopic (exact) mass is 304 g/mol. The Bertz CT molecular complexity index is 410. The van der Waals surface area contributed by atoms with E-state index in [1.807, 2.05) is 0 Å². The van der Waals surface area contributed by atoms with Crippen LogP contribution in [0.3, 0.4) is 0 Å². The van der Waals surface area contributed by atoms with Gasteiger partial charge in [0.15, 0.2) is 0 Å². The molecule has 4 nitrogen and oxygen atoms in total. The SMILES string of the molecule is O=C(NCCCCNC(=O)C1=CCCCC1)C1=CCCCC1. The molecule has 0 fully saturated rings. The van der Waals surface area contributed by atoms with E-state index in [-0.39, 0.29) is 11.8 Å². The minimum absolute atomic E-state index is 0.0936. The number of hydrogen-bond donors (Lipinski definition) is 2. The van der Waals surface area contributed by atoms with Crippen LogP contribution < -0.4 is 10.6 Å². The molecular weight excluding hydrogens is 276 g/mol. The maximum atomic E-state index is 11.9. The smallest absolute Gasteiger partial charge is 0.246 e. The minimum atomic E-state index is 0.0936. The van der Waals surface area contributed by atoms with E-state index in [0.29, 0.717) is 13.1 Å². The van der Waals surface area contributed by atoms with Gasteiger partial charge in [-0.2, -0.15) is 0 Å². The summed E-state index contributed by atoms with van der Waals surface area (Å²) in [6.45, 7) is 1.38. The largest absolute Gasteiger partial charge is 0.352 e. The Morgan fingerprint density at radius 3 is 1.59 bits per heavy atom. The molecule has 2 aliphatic carbocycles. The molecule has 0 bridgehead atoms. The second-order valence-corrected chi connectivity index (χ2v) is 6.17. The van der Waals surface area contributed by atoms with Gasteiger partial charge >= 0.3 is 0 Å². The molecule has 0 spiro atoms. The van der Waals surface area contributed by atoms with Gasteiger partial charge in [0.2, 0.25) is 11.8 Å². The molecule has 122 valence electrons. The molecule has 0 radical (unpaired) electrons. The summed E-state index contributed by atoms with van der Waals surface area (Å²) >= 11 is 0. The van der Waals surface area contributed by atoms with Crippen LogP contribution in [0.25, 0.3) is 0 Å². The van der Waals surface area contributed by atoms with Crippen molar-refractivity contribution in [2.75, 3.05) is 13.1 Å². The summed E-state index contributed by atoms with van der Waals surface area (Å²) in [4.78, 5) is 23.8. The van der Waals surface area contributed by atoms with Gasteiger partial charge in [0.05, 0.1) is 0 Å². The summed E-state index contributed by atoms with van der Waals surface area (Å²) < 4.78 is 0. The molecule has 0 saturated heterocycles. The summed E-state index contributed by atoms with van der Waals surface area (Å²) in [5.74, 6) is 0.187. The van der Waals surface area contributed by atoms with E-state index in [1.165, 1.54) is 12.8 Å². The third kappa shape index (κ3) is 5.66. The maximum absolute atomic E-state index is 11.9. The van der Waals surface area contributed by atoms with E-state index >= 15 is 0 Å². The lowest BCUT2D eigenvalue weighted by Crippen LogP contribution is -2.29. The normalized spacial score (nSPS) is 18.2. The van der Waals surface area contributed by atoms with E-state index < -0.39 is 0 Å². The molecule has 0 heterocycles. The van der Waals surface area contributed by atoms with E-state index in [0.717, 1.165) is 62.5 Å². The molecular formula is C18H28N2O2. The van der Waals surface area contributed by atoms with Crippen molar-refractivity contribution >= 4 is 11.8 Å². The zero-order valence-electron chi connectivity index (χ0n) is 13.5. The molecule has 2 aliphatic rings. The van der Waals surface area contributed by atoms with Gasteiger partial charge in [-0.3, -0.25) is 9.59 Å². The number of carbonyl (C=O) groups is 2. The fourth-order valence-corrected chi connectivity index (χ4v) is 2.97. The van der Waals surface area contributed by atoms with Crippen molar-refractivity contribution < 1.29 is 9.59 Å². The van der Waals surface area contributed by atoms with Crippen molar-refractivity contribution in [2.24, 2.45) is 0 Å². The first kappa shape index (κ1) is 16.8. The van der Waals surface area contributed by atoms with Gasteiger partial charge in [0, 0.05) is 24.2 Å². The molecule has 4 heteroatoms. The number of rotatable bonds is 7. The molecule has 0 unspecified atom stereocenters. The van der Waals surface area contributed by atoms with Crippen LogP contribution in [0.2, 0.25) is 0 Å². The Morgan fingerprint density at radius 2 is 1.23 bits per heavy atom. The topological polar surface area (TPSA) is 58.2 Å². The summed E-state index contributed by atoms with van der Waals surface area (Å²) in [6.07, 6.45) is 14.5. The summed E-state index contributed by atoms with van der Waals surface area (Å²) in [6, 6.07) is 0. The van der Waals surface area contributed by atoms with Gasteiger partial charge in [-0.1, -0.05) is 12.2 Å². The van der Waals surface area contributed by atoms with E-state index in [2.05, 4.69) is 22.8 Å². The van der Waals surface area contributed by atoms with E-state index in [9.17, 15) is 9.59 Å². The number of hydrogen-bond acceptors (Lipinski definition) is 2. The number of carbonyl (C=O) groups excluding carboxylic acids is 2. The average Bonchev–Trinajstić information content (AvgIpc) is 2.59. The van der Waals surface area contributed by atoms with E-state index in [1.54, 1.807) is 0 Å². The predicted molar refractivity (Wildman–Crippen MR) is 88.4 cm³/mol. The van der Waals surface area contributed by atoms with Gasteiger partial charge in [0.25, 0.3) is 0 Å². The summed E-state index contributed by atoms with van der Waals surface area (Å²) in [7, 11) is 0. The molecule has 2 rings (SSSR count). The Kier molecular flexibility index (Phi) is 7.20. The number of nitrogens with one attached hydrogen (secondary N) is 2. The van der Waals surface area contributed by atoms with Crippen molar-refractivity contribution in [3.8, 4) is 0 Å². The Balaban J connectivity index is 1.52. The molecule has 0 saturated carbocycles. The van der Waals surface area contributed by atoms with Crippen LogP contribution >= 0.6 is 0 Å². The second-order valence-electron chi connectivity index (χ2n) is 6.17. The van der Waals surface area contributed by atoms with E-state index in [4.69, 9.17) is 0 Å². The fourth-order valence-electron chi connectivity index (χ4n) is 2.97. The molecule has 0 aromatic rings. The molecule has 22 heavy (non-hydrogen) atoms. The highest BCUT2D eigenvalue weighted by atomic mass is 16.2. The fraction of sp³-hybridized carbons (Fsp3) is 0.667. The van der Waals surface area contributed by atoms with Crippen LogP contribution in [0.5, 0.6) is 0 Å². The van der Waals surface area contributed by atoms with Crippen molar-refractivity contribution in [2.45, 2.75) is 64.2 Å². The van der Waals surface area contributed by atoms with Crippen LogP contribution in [0, 0.1) is 0 Å². The van der Waals surface area contributed by atoms with Crippen molar-refractivity contribution in [3.63, 3.8) is 0 Å². The summed E-state index contributed by atoms with van der Waals surface area (Å²) in [5.41, 5.74) is 1.90. The zero-order valence-corrected chi connectivity index (χ0v) is 13.5. The lowest BCUT2D eigenvalue weighted by Gasteiger charge is -2.13. The van der Waals surface area contributed by atoms with Gasteiger partial charge in [0.1, 0.15) is 0 Å². The highest BCUT2D eigenvalue weighted by Gasteiger charge is 2.12. The van der Waals surface area contributed by atoms with Crippen LogP contribution in [0.15, 0.2) is 23.3 Å². The first-order valence-electron chi connectivity index (χ1n) is 8.72. The minimum Gasteiger partial charge on any atom is -0.352 e. The molecule has 2 amide bonds. The summed E-state index contributed by atoms with van der Waals surface area (Å²) in [5, 5.41) is 5.95. The van der Waals surface area contributed by atoms with Crippen LogP contribution in [-0.4, -0.2) is 24.9 Å². The van der Waals surface area contributed by atoms with Crippen LogP contribution in [-0.2, 0) is 9.59 Å². The molecule has 0 aliphatic heterocycles.